The molecule has 154 valence electrons. The summed E-state index contributed by atoms with van der Waals surface area (Å²) in [6.45, 7) is 0. The van der Waals surface area contributed by atoms with E-state index in [-0.39, 0.29) is 11.9 Å². The number of hydrogen-bond acceptors (Lipinski definition) is 5. The lowest BCUT2D eigenvalue weighted by Gasteiger charge is -2.20. The lowest BCUT2D eigenvalue weighted by Crippen LogP contribution is -2.26. The number of sulfonamides is 1. The summed E-state index contributed by atoms with van der Waals surface area (Å²) in [6, 6.07) is 15.9. The normalized spacial score (nSPS) is 16.4. The third-order valence-corrected chi connectivity index (χ3v) is 6.18. The first-order valence-corrected chi connectivity index (χ1v) is 11.9. The maximum Gasteiger partial charge on any atom is 0.274 e. The summed E-state index contributed by atoms with van der Waals surface area (Å²) in [5.74, 6) is -0.714. The molecule has 1 N–H and O–H groups in total. The Morgan fingerprint density at radius 3 is 2.43 bits per heavy atom. The first kappa shape index (κ1) is 20.2. The number of anilines is 1. The molecule has 0 saturated carbocycles. The number of rotatable bonds is 5. The third kappa shape index (κ3) is 4.42. The number of nitrogens with one attached hydrogen (secondary N) is 1. The van der Waals surface area contributed by atoms with Crippen LogP contribution < -0.4 is 4.72 Å². The van der Waals surface area contributed by atoms with Crippen molar-refractivity contribution in [3.05, 3.63) is 87.9 Å². The smallest absolute Gasteiger partial charge is 0.274 e. The molecule has 0 fully saturated rings. The summed E-state index contributed by atoms with van der Waals surface area (Å²) in [7, 11) is -3.36. The van der Waals surface area contributed by atoms with Crippen LogP contribution in [0.5, 0.6) is 0 Å². The summed E-state index contributed by atoms with van der Waals surface area (Å²) in [5.41, 5.74) is 2.32. The molecule has 9 heteroatoms. The maximum absolute atomic E-state index is 13.3. The van der Waals surface area contributed by atoms with Gasteiger partial charge in [-0.05, 0) is 53.4 Å². The van der Waals surface area contributed by atoms with Gasteiger partial charge >= 0.3 is 0 Å². The summed E-state index contributed by atoms with van der Waals surface area (Å²) in [6.07, 6.45) is 1.61. The minimum absolute atomic E-state index is 0.258. The number of hydrogen-bond donors (Lipinski definition) is 1. The van der Waals surface area contributed by atoms with Crippen LogP contribution in [0.1, 0.15) is 33.3 Å². The van der Waals surface area contributed by atoms with Gasteiger partial charge in [0.25, 0.3) is 5.91 Å². The van der Waals surface area contributed by atoms with Crippen LogP contribution in [0.25, 0.3) is 0 Å². The summed E-state index contributed by atoms with van der Waals surface area (Å²) in [4.78, 5) is 14.1. The quantitative estimate of drug-likeness (QED) is 0.640. The highest BCUT2D eigenvalue weighted by Crippen LogP contribution is 2.36. The van der Waals surface area contributed by atoms with Gasteiger partial charge in [-0.25, -0.2) is 17.8 Å². The lowest BCUT2D eigenvalue weighted by molar-refractivity contribution is 0.0713. The second-order valence-corrected chi connectivity index (χ2v) is 9.62. The van der Waals surface area contributed by atoms with Crippen LogP contribution in [0, 0.1) is 5.82 Å². The van der Waals surface area contributed by atoms with Gasteiger partial charge in [0.15, 0.2) is 0 Å². The summed E-state index contributed by atoms with van der Waals surface area (Å²) < 4.78 is 38.5. The van der Waals surface area contributed by atoms with Crippen molar-refractivity contribution in [3.63, 3.8) is 0 Å². The topological polar surface area (TPSA) is 78.8 Å². The zero-order valence-electron chi connectivity index (χ0n) is 15.9. The average Bonchev–Trinajstić information content (AvgIpc) is 3.37. The molecule has 6 nitrogen and oxygen atoms in total. The molecule has 2 heterocycles. The van der Waals surface area contributed by atoms with Crippen molar-refractivity contribution in [1.29, 1.82) is 0 Å². The zero-order chi connectivity index (χ0) is 21.3. The fourth-order valence-corrected chi connectivity index (χ4v) is 4.62. The molecule has 1 atom stereocenters. The van der Waals surface area contributed by atoms with E-state index in [1.807, 2.05) is 17.5 Å². The van der Waals surface area contributed by atoms with Gasteiger partial charge in [-0.3, -0.25) is 9.52 Å². The highest BCUT2D eigenvalue weighted by Gasteiger charge is 2.34. The molecule has 3 aromatic rings. The number of amides is 1. The van der Waals surface area contributed by atoms with E-state index in [0.29, 0.717) is 17.7 Å². The Morgan fingerprint density at radius 2 is 1.83 bits per heavy atom. The number of halogens is 1. The molecule has 1 aromatic heterocycles. The van der Waals surface area contributed by atoms with E-state index in [4.69, 9.17) is 0 Å². The minimum atomic E-state index is -3.36. The van der Waals surface area contributed by atoms with Crippen LogP contribution in [0.4, 0.5) is 10.1 Å². The van der Waals surface area contributed by atoms with Gasteiger partial charge in [0.05, 0.1) is 18.0 Å². The lowest BCUT2D eigenvalue weighted by atomic mass is 10.0. The standard InChI is InChI=1S/C21H18FN3O3S2/c1-30(27,28)24-17-10-6-14(7-11-17)18-13-19(20-3-2-12-29-20)25(23-18)21(26)15-4-8-16(22)9-5-15/h2-12,19,24H,13H2,1H3/t19-/m1/s1. The number of hydrazone groups is 1. The number of benzene rings is 2. The van der Waals surface area contributed by atoms with E-state index in [2.05, 4.69) is 9.82 Å². The maximum atomic E-state index is 13.3. The molecule has 30 heavy (non-hydrogen) atoms. The first-order chi connectivity index (χ1) is 14.3. The Morgan fingerprint density at radius 1 is 1.13 bits per heavy atom. The molecule has 0 unspecified atom stereocenters. The predicted molar refractivity (Wildman–Crippen MR) is 116 cm³/mol. The van der Waals surface area contributed by atoms with Crippen molar-refractivity contribution in [3.8, 4) is 0 Å². The van der Waals surface area contributed by atoms with Gasteiger partial charge in [-0.1, -0.05) is 18.2 Å². The summed E-state index contributed by atoms with van der Waals surface area (Å²) in [5, 5.41) is 7.96. The molecule has 4 rings (SSSR count). The number of nitrogens with zero attached hydrogens (tertiary/aromatic N) is 2. The van der Waals surface area contributed by atoms with Crippen LogP contribution in [0.3, 0.4) is 0 Å². The minimum Gasteiger partial charge on any atom is -0.284 e. The number of thiophene rings is 1. The average molecular weight is 444 g/mol. The molecule has 0 aliphatic carbocycles. The Balaban J connectivity index is 1.65. The van der Waals surface area contributed by atoms with Crippen LogP contribution >= 0.6 is 11.3 Å². The second-order valence-electron chi connectivity index (χ2n) is 6.89. The van der Waals surface area contributed by atoms with E-state index in [0.717, 1.165) is 22.4 Å². The SMILES string of the molecule is CS(=O)(=O)Nc1ccc(C2=NN(C(=O)c3ccc(F)cc3)[C@@H](c3cccs3)C2)cc1. The monoisotopic (exact) mass is 443 g/mol. The van der Waals surface area contributed by atoms with Crippen LogP contribution in [0.2, 0.25) is 0 Å². The highest BCUT2D eigenvalue weighted by molar-refractivity contribution is 7.92. The van der Waals surface area contributed by atoms with Gasteiger partial charge in [-0.15, -0.1) is 11.3 Å². The molecule has 2 aromatic carbocycles. The van der Waals surface area contributed by atoms with Gasteiger partial charge < -0.3 is 0 Å². The van der Waals surface area contributed by atoms with Crippen LogP contribution in [0.15, 0.2) is 71.1 Å². The van der Waals surface area contributed by atoms with E-state index < -0.39 is 15.8 Å². The van der Waals surface area contributed by atoms with E-state index in [1.165, 1.54) is 29.3 Å². The number of carbonyl (C=O) groups excluding carboxylic acids is 1. The Bertz CT molecular complexity index is 1190. The van der Waals surface area contributed by atoms with Crippen molar-refractivity contribution in [2.45, 2.75) is 12.5 Å². The molecule has 1 aliphatic rings. The largest absolute Gasteiger partial charge is 0.284 e. The van der Waals surface area contributed by atoms with Crippen molar-refractivity contribution in [1.82, 2.24) is 5.01 Å². The molecule has 0 saturated heterocycles. The first-order valence-electron chi connectivity index (χ1n) is 9.08. The zero-order valence-corrected chi connectivity index (χ0v) is 17.6. The third-order valence-electron chi connectivity index (χ3n) is 4.60. The van der Waals surface area contributed by atoms with Crippen LogP contribution in [-0.2, 0) is 10.0 Å². The van der Waals surface area contributed by atoms with Gasteiger partial charge in [0, 0.05) is 22.5 Å². The van der Waals surface area contributed by atoms with E-state index in [9.17, 15) is 17.6 Å². The highest BCUT2D eigenvalue weighted by atomic mass is 32.2. The molecule has 0 bridgehead atoms. The molecule has 1 amide bonds. The summed E-state index contributed by atoms with van der Waals surface area (Å²) >= 11 is 1.54. The fraction of sp³-hybridized carbons (Fsp3) is 0.143. The molecular weight excluding hydrogens is 425 g/mol. The second kappa shape index (κ2) is 8.00. The Labute approximate surface area is 177 Å². The number of carbonyl (C=O) groups is 1. The van der Waals surface area contributed by atoms with Crippen molar-refractivity contribution in [2.75, 3.05) is 11.0 Å². The van der Waals surface area contributed by atoms with Gasteiger partial charge in [0.2, 0.25) is 10.0 Å². The van der Waals surface area contributed by atoms with Crippen LogP contribution in [-0.4, -0.2) is 31.3 Å². The van der Waals surface area contributed by atoms with Crippen molar-refractivity contribution >= 4 is 38.7 Å². The van der Waals surface area contributed by atoms with Gasteiger partial charge in [-0.2, -0.15) is 5.10 Å². The molecule has 0 radical (unpaired) electrons. The van der Waals surface area contributed by atoms with Gasteiger partial charge in [0.1, 0.15) is 5.82 Å². The van der Waals surface area contributed by atoms with Crippen molar-refractivity contribution < 1.29 is 17.6 Å². The van der Waals surface area contributed by atoms with E-state index >= 15 is 0 Å². The van der Waals surface area contributed by atoms with E-state index in [1.54, 1.807) is 35.6 Å². The predicted octanol–water partition coefficient (Wildman–Crippen LogP) is 4.25. The molecule has 1 aliphatic heterocycles. The molecular formula is C21H18FN3O3S2. The van der Waals surface area contributed by atoms with Crippen molar-refractivity contribution in [2.24, 2.45) is 5.10 Å². The Hall–Kier alpha value is -3.04. The fourth-order valence-electron chi connectivity index (χ4n) is 3.24. The Kier molecular flexibility index (Phi) is 5.40. The molecule has 0 spiro atoms.